The van der Waals surface area contributed by atoms with Gasteiger partial charge in [-0.1, -0.05) is 132 Å². The van der Waals surface area contributed by atoms with E-state index in [1.54, 1.807) is 5.57 Å². The average Bonchev–Trinajstić information content (AvgIpc) is 3.29. The molecule has 0 aromatic rings. The van der Waals surface area contributed by atoms with E-state index in [0.29, 0.717) is 6.42 Å². The molecule has 0 saturated carbocycles. The second-order valence-corrected chi connectivity index (χ2v) is 23.0. The molecule has 1 aliphatic rings. The van der Waals surface area contributed by atoms with Crippen molar-refractivity contribution in [1.82, 2.24) is 0 Å². The van der Waals surface area contributed by atoms with Crippen molar-refractivity contribution in [2.75, 3.05) is 13.2 Å². The van der Waals surface area contributed by atoms with E-state index in [2.05, 4.69) is 131 Å². The molecule has 71 heavy (non-hydrogen) atoms. The highest BCUT2D eigenvalue weighted by atomic mass is 31.2. The van der Waals surface area contributed by atoms with Gasteiger partial charge in [0.05, 0.1) is 13.2 Å². The minimum atomic E-state index is -4.63. The molecular formula is C61H105O9P. The predicted molar refractivity (Wildman–Crippen MR) is 300 cm³/mol. The summed E-state index contributed by atoms with van der Waals surface area (Å²) in [5.41, 5.74) is 13.3. The van der Waals surface area contributed by atoms with Crippen molar-refractivity contribution in [3.05, 3.63) is 105 Å². The van der Waals surface area contributed by atoms with Crippen molar-refractivity contribution in [2.45, 2.75) is 255 Å². The van der Waals surface area contributed by atoms with Crippen LogP contribution in [-0.2, 0) is 18.3 Å². The van der Waals surface area contributed by atoms with Crippen molar-refractivity contribution >= 4 is 7.82 Å². The van der Waals surface area contributed by atoms with Crippen LogP contribution in [-0.4, -0.2) is 69.2 Å². The summed E-state index contributed by atoms with van der Waals surface area (Å²) in [5.74, 6) is 1.04. The lowest BCUT2D eigenvalue weighted by molar-refractivity contribution is -0.281. The maximum Gasteiger partial charge on any atom is 0.474 e. The zero-order valence-electron chi connectivity index (χ0n) is 47.0. The van der Waals surface area contributed by atoms with Crippen LogP contribution in [0.3, 0.4) is 0 Å². The van der Waals surface area contributed by atoms with Gasteiger partial charge in [0, 0.05) is 0 Å². The first-order valence-electron chi connectivity index (χ1n) is 27.5. The Kier molecular flexibility index (Phi) is 36.6. The van der Waals surface area contributed by atoms with Gasteiger partial charge >= 0.3 is 7.82 Å². The fourth-order valence-electron chi connectivity index (χ4n) is 8.52. The number of aliphatic hydroxyl groups is 4. The van der Waals surface area contributed by atoms with Gasteiger partial charge in [0.2, 0.25) is 0 Å². The molecule has 0 aromatic carbocycles. The highest BCUT2D eigenvalue weighted by Crippen LogP contribution is 2.46. The van der Waals surface area contributed by atoms with E-state index in [1.807, 2.05) is 6.92 Å². The van der Waals surface area contributed by atoms with Crippen LogP contribution in [0.25, 0.3) is 0 Å². The van der Waals surface area contributed by atoms with Gasteiger partial charge < -0.3 is 30.1 Å². The van der Waals surface area contributed by atoms with Gasteiger partial charge in [-0.3, -0.25) is 9.05 Å². The van der Waals surface area contributed by atoms with Gasteiger partial charge in [-0.25, -0.2) is 4.57 Å². The summed E-state index contributed by atoms with van der Waals surface area (Å²) in [7, 11) is -4.63. The highest BCUT2D eigenvalue weighted by Gasteiger charge is 2.46. The first kappa shape index (κ1) is 66.6. The lowest BCUT2D eigenvalue weighted by Crippen LogP contribution is -2.58. The Labute approximate surface area is 434 Å². The first-order chi connectivity index (χ1) is 33.6. The Bertz CT molecular complexity index is 1810. The molecular weight excluding hydrogens is 908 g/mol. The molecule has 7 atom stereocenters. The second kappa shape index (κ2) is 39.0. The Morgan fingerprint density at radius 1 is 0.479 bits per heavy atom. The number of phosphoric ester groups is 1. The number of hydrogen-bond acceptors (Lipinski definition) is 8. The molecule has 0 aliphatic carbocycles. The number of aliphatic hydroxyl groups excluding tert-OH is 4. The van der Waals surface area contributed by atoms with Crippen molar-refractivity contribution in [2.24, 2.45) is 11.8 Å². The van der Waals surface area contributed by atoms with Gasteiger partial charge in [0.15, 0.2) is 6.29 Å². The van der Waals surface area contributed by atoms with Gasteiger partial charge in [-0.2, -0.15) is 0 Å². The SMILES string of the molecule is C/C(=C/CC/C(C)=C\CC/C(C)=C\CC/C(C)=C\CCC(C)CCOP(=O)(O)O[C@H]1O[C@H](CO)[C@@H](O)[C@H](O)[C@H]1O)CC/C=C(/C)CC/C=C(/C)CC/C=C(/C)CC/C=C(\C)CC/C=C(\C)CCCC(C)C. The zero-order chi connectivity index (χ0) is 53.2. The van der Waals surface area contributed by atoms with E-state index < -0.39 is 45.1 Å². The van der Waals surface area contributed by atoms with E-state index in [1.165, 1.54) is 83.1 Å². The molecule has 10 heteroatoms. The standard InChI is InChI=1S/C61H105O9P/c1-46(2)23-13-24-47(3)25-14-26-48(4)27-15-28-49(5)29-16-30-50(6)31-17-32-51(7)33-18-34-52(8)35-19-36-53(9)37-20-38-54(10)39-21-40-55(11)41-22-42-56(12)43-44-68-71(66,67)70-61-60(65)59(64)58(63)57(45-62)69-61/h25,27,29,31,33,35,37,39,41,46,56-65H,13-24,26,28,30,32,34,36,38,40,42-45H2,1-12H3,(H,66,67)/b47-25+,48-27+,49-29-,50-31-,51-33-,52-35-,53-37-,54-39-,55-41-/t56?,57-,58-,59+,60-,61-/m1/s1. The molecule has 9 nitrogen and oxygen atoms in total. The van der Waals surface area contributed by atoms with Crippen LogP contribution in [0.15, 0.2) is 105 Å². The Morgan fingerprint density at radius 2 is 0.803 bits per heavy atom. The van der Waals surface area contributed by atoms with Crippen LogP contribution in [0.1, 0.15) is 224 Å². The fraction of sp³-hybridized carbons (Fsp3) is 0.705. The number of rotatable bonds is 38. The molecule has 1 saturated heterocycles. The Hall–Kier alpha value is -2.43. The molecule has 1 fully saturated rings. The highest BCUT2D eigenvalue weighted by molar-refractivity contribution is 7.47. The van der Waals surface area contributed by atoms with E-state index in [4.69, 9.17) is 13.8 Å². The zero-order valence-corrected chi connectivity index (χ0v) is 47.9. The molecule has 0 amide bonds. The fourth-order valence-corrected chi connectivity index (χ4v) is 9.36. The van der Waals surface area contributed by atoms with Crippen LogP contribution in [0.5, 0.6) is 0 Å². The van der Waals surface area contributed by atoms with Crippen molar-refractivity contribution in [3.63, 3.8) is 0 Å². The molecule has 0 bridgehead atoms. The summed E-state index contributed by atoms with van der Waals surface area (Å²) in [6.07, 6.45) is 37.7. The molecule has 0 aromatic heterocycles. The second-order valence-electron chi connectivity index (χ2n) is 21.6. The predicted octanol–water partition coefficient (Wildman–Crippen LogP) is 16.3. The lowest BCUT2D eigenvalue weighted by atomic mass is 10.00. The van der Waals surface area contributed by atoms with Crippen molar-refractivity contribution in [1.29, 1.82) is 0 Å². The van der Waals surface area contributed by atoms with Crippen LogP contribution in [0.2, 0.25) is 0 Å². The third-order valence-electron chi connectivity index (χ3n) is 13.7. The summed E-state index contributed by atoms with van der Waals surface area (Å²) in [6, 6.07) is 0. The summed E-state index contributed by atoms with van der Waals surface area (Å²) in [4.78, 5) is 10.1. The van der Waals surface area contributed by atoms with E-state index >= 15 is 0 Å². The number of phosphoric acid groups is 1. The van der Waals surface area contributed by atoms with E-state index in [0.717, 1.165) is 102 Å². The average molecular weight is 1010 g/mol. The molecule has 1 heterocycles. The van der Waals surface area contributed by atoms with Gasteiger partial charge in [0.25, 0.3) is 0 Å². The third kappa shape index (κ3) is 34.6. The smallest absolute Gasteiger partial charge is 0.394 e. The number of hydrogen-bond donors (Lipinski definition) is 5. The Balaban J connectivity index is 2.23. The van der Waals surface area contributed by atoms with Crippen LogP contribution < -0.4 is 0 Å². The minimum absolute atomic E-state index is 0.0443. The van der Waals surface area contributed by atoms with E-state index in [9.17, 15) is 29.9 Å². The molecule has 1 rings (SSSR count). The van der Waals surface area contributed by atoms with Crippen LogP contribution in [0.4, 0.5) is 0 Å². The van der Waals surface area contributed by atoms with Crippen molar-refractivity contribution < 1.29 is 43.7 Å². The van der Waals surface area contributed by atoms with Gasteiger partial charge in [0.1, 0.15) is 24.4 Å². The normalized spacial score (nSPS) is 22.2. The lowest BCUT2D eigenvalue weighted by Gasteiger charge is -2.39. The molecule has 5 N–H and O–H groups in total. The third-order valence-corrected chi connectivity index (χ3v) is 14.7. The largest absolute Gasteiger partial charge is 0.474 e. The summed E-state index contributed by atoms with van der Waals surface area (Å²) in [5, 5.41) is 39.1. The first-order valence-corrected chi connectivity index (χ1v) is 29.0. The van der Waals surface area contributed by atoms with Crippen LogP contribution >= 0.6 is 7.82 Å². The Morgan fingerprint density at radius 3 is 1.13 bits per heavy atom. The number of allylic oxidation sites excluding steroid dienone is 18. The van der Waals surface area contributed by atoms with Gasteiger partial charge in [-0.05, 0) is 209 Å². The molecule has 408 valence electrons. The van der Waals surface area contributed by atoms with Crippen LogP contribution in [0, 0.1) is 11.8 Å². The number of ether oxygens (including phenoxy) is 1. The summed E-state index contributed by atoms with van der Waals surface area (Å²) >= 11 is 0. The molecule has 0 spiro atoms. The summed E-state index contributed by atoms with van der Waals surface area (Å²) in [6.45, 7) is 26.4. The monoisotopic (exact) mass is 1010 g/mol. The quantitative estimate of drug-likeness (QED) is 0.0301. The van der Waals surface area contributed by atoms with Gasteiger partial charge in [-0.15, -0.1) is 0 Å². The van der Waals surface area contributed by atoms with E-state index in [-0.39, 0.29) is 12.5 Å². The topological polar surface area (TPSA) is 146 Å². The van der Waals surface area contributed by atoms with Crippen molar-refractivity contribution in [3.8, 4) is 0 Å². The minimum Gasteiger partial charge on any atom is -0.394 e. The maximum absolute atomic E-state index is 12.4. The maximum atomic E-state index is 12.4. The molecule has 2 unspecified atom stereocenters. The summed E-state index contributed by atoms with van der Waals surface area (Å²) < 4.78 is 27.5. The molecule has 0 radical (unpaired) electrons. The molecule has 1 aliphatic heterocycles.